The maximum absolute atomic E-state index is 6.07. The molecule has 21 heavy (non-hydrogen) atoms. The molecule has 2 rings (SSSR count). The number of ether oxygens (including phenoxy) is 1. The van der Waals surface area contributed by atoms with E-state index >= 15 is 0 Å². The number of aromatic nitrogens is 2. The Hall–Kier alpha value is -0.870. The van der Waals surface area contributed by atoms with Gasteiger partial charge in [0.1, 0.15) is 17.6 Å². The number of hydrogen-bond acceptors (Lipinski definition) is 4. The molecule has 0 spiro atoms. The molecule has 1 N–H and O–H groups in total. The molecule has 1 aromatic rings. The summed E-state index contributed by atoms with van der Waals surface area (Å²) in [6.07, 6.45) is 3.52. The first kappa shape index (κ1) is 16.5. The summed E-state index contributed by atoms with van der Waals surface area (Å²) in [5.41, 5.74) is 0.678. The van der Waals surface area contributed by atoms with Gasteiger partial charge in [-0.1, -0.05) is 39.3 Å². The lowest BCUT2D eigenvalue weighted by atomic mass is 9.63. The topological polar surface area (TPSA) is 47.0 Å². The Bertz CT molecular complexity index is 486. The van der Waals surface area contributed by atoms with Crippen molar-refractivity contribution in [2.24, 2.45) is 10.8 Å². The predicted octanol–water partition coefficient (Wildman–Crippen LogP) is 4.29. The second-order valence-corrected chi connectivity index (χ2v) is 8.07. The second kappa shape index (κ2) is 6.09. The van der Waals surface area contributed by atoms with E-state index in [9.17, 15) is 0 Å². The third kappa shape index (κ3) is 4.82. The lowest BCUT2D eigenvalue weighted by Gasteiger charge is -2.45. The van der Waals surface area contributed by atoms with Gasteiger partial charge in [0.25, 0.3) is 0 Å². The van der Waals surface area contributed by atoms with Gasteiger partial charge >= 0.3 is 0 Å². The van der Waals surface area contributed by atoms with Crippen LogP contribution in [0, 0.1) is 10.8 Å². The molecule has 118 valence electrons. The Balaban J connectivity index is 2.13. The Morgan fingerprint density at radius 3 is 2.43 bits per heavy atom. The van der Waals surface area contributed by atoms with Crippen molar-refractivity contribution in [3.8, 4) is 0 Å². The molecular formula is C16H26ClN3O. The fraction of sp³-hybridized carbons (Fsp3) is 0.750. The molecule has 1 saturated carbocycles. The maximum atomic E-state index is 6.07. The fourth-order valence-electron chi connectivity index (χ4n) is 3.89. The van der Waals surface area contributed by atoms with Gasteiger partial charge in [0.05, 0.1) is 0 Å². The van der Waals surface area contributed by atoms with Gasteiger partial charge in [0.15, 0.2) is 5.82 Å². The van der Waals surface area contributed by atoms with Crippen molar-refractivity contribution in [1.29, 1.82) is 0 Å². The minimum Gasteiger partial charge on any atom is -0.377 e. The standard InChI is InChI=1S/C16H26ClN3O/c1-15(2)7-11(8-16(3,4)10-15)18-13-6-12(17)19-14(20-13)9-21-5/h6,11H,7-10H2,1-5H3,(H,18,19,20). The molecule has 1 aromatic heterocycles. The fourth-order valence-corrected chi connectivity index (χ4v) is 4.09. The first-order valence-electron chi connectivity index (χ1n) is 7.48. The summed E-state index contributed by atoms with van der Waals surface area (Å²) in [5.74, 6) is 1.40. The van der Waals surface area contributed by atoms with E-state index in [1.165, 1.54) is 6.42 Å². The molecule has 1 aliphatic rings. The third-order valence-corrected chi connectivity index (χ3v) is 4.12. The lowest BCUT2D eigenvalue weighted by molar-refractivity contribution is 0.105. The minimum atomic E-state index is 0.339. The number of methoxy groups -OCH3 is 1. The molecule has 0 saturated heterocycles. The van der Waals surface area contributed by atoms with Crippen LogP contribution in [0.5, 0.6) is 0 Å². The highest BCUT2D eigenvalue weighted by molar-refractivity contribution is 6.29. The largest absolute Gasteiger partial charge is 0.377 e. The van der Waals surface area contributed by atoms with Crippen molar-refractivity contribution >= 4 is 17.4 Å². The van der Waals surface area contributed by atoms with E-state index in [0.717, 1.165) is 18.7 Å². The van der Waals surface area contributed by atoms with E-state index in [1.807, 2.05) is 0 Å². The van der Waals surface area contributed by atoms with Gasteiger partial charge in [-0.3, -0.25) is 0 Å². The average Bonchev–Trinajstić information content (AvgIpc) is 2.23. The van der Waals surface area contributed by atoms with Crippen LogP contribution >= 0.6 is 11.6 Å². The van der Waals surface area contributed by atoms with Crippen molar-refractivity contribution in [3.05, 3.63) is 17.0 Å². The lowest BCUT2D eigenvalue weighted by Crippen LogP contribution is -2.40. The van der Waals surface area contributed by atoms with Crippen LogP contribution in [0.4, 0.5) is 5.82 Å². The van der Waals surface area contributed by atoms with E-state index in [0.29, 0.717) is 34.5 Å². The molecule has 0 bridgehead atoms. The molecule has 5 heteroatoms. The number of hydrogen-bond donors (Lipinski definition) is 1. The Morgan fingerprint density at radius 1 is 1.24 bits per heavy atom. The number of rotatable bonds is 4. The van der Waals surface area contributed by atoms with Crippen LogP contribution in [0.2, 0.25) is 5.15 Å². The average molecular weight is 312 g/mol. The van der Waals surface area contributed by atoms with Crippen molar-refractivity contribution in [2.45, 2.75) is 59.6 Å². The minimum absolute atomic E-state index is 0.339. The Kier molecular flexibility index (Phi) is 4.79. The van der Waals surface area contributed by atoms with E-state index in [4.69, 9.17) is 16.3 Å². The van der Waals surface area contributed by atoms with Crippen LogP contribution in [0.15, 0.2) is 6.07 Å². The molecule has 1 aliphatic carbocycles. The van der Waals surface area contributed by atoms with Gasteiger partial charge in [-0.15, -0.1) is 0 Å². The number of anilines is 1. The summed E-state index contributed by atoms with van der Waals surface area (Å²) in [5, 5.41) is 3.99. The molecule has 0 amide bonds. The highest BCUT2D eigenvalue weighted by atomic mass is 35.5. The van der Waals surface area contributed by atoms with Crippen LogP contribution in [0.3, 0.4) is 0 Å². The summed E-state index contributed by atoms with van der Waals surface area (Å²) in [4.78, 5) is 8.64. The molecule has 4 nitrogen and oxygen atoms in total. The SMILES string of the molecule is COCc1nc(Cl)cc(NC2CC(C)(C)CC(C)(C)C2)n1. The zero-order chi connectivity index (χ0) is 15.7. The van der Waals surface area contributed by atoms with E-state index in [2.05, 4.69) is 43.0 Å². The van der Waals surface area contributed by atoms with Crippen molar-refractivity contribution in [2.75, 3.05) is 12.4 Å². The molecule has 0 unspecified atom stereocenters. The van der Waals surface area contributed by atoms with Crippen molar-refractivity contribution in [1.82, 2.24) is 9.97 Å². The van der Waals surface area contributed by atoms with Gasteiger partial charge < -0.3 is 10.1 Å². The predicted molar refractivity (Wildman–Crippen MR) is 86.6 cm³/mol. The van der Waals surface area contributed by atoms with Gasteiger partial charge in [-0.05, 0) is 30.1 Å². The number of halogens is 1. The number of nitrogens with one attached hydrogen (secondary N) is 1. The Labute approximate surface area is 132 Å². The summed E-state index contributed by atoms with van der Waals surface area (Å²) in [6, 6.07) is 2.19. The molecule has 0 radical (unpaired) electrons. The molecule has 0 aliphatic heterocycles. The molecule has 1 fully saturated rings. The van der Waals surface area contributed by atoms with Gasteiger partial charge in [-0.2, -0.15) is 0 Å². The smallest absolute Gasteiger partial charge is 0.158 e. The monoisotopic (exact) mass is 311 g/mol. The third-order valence-electron chi connectivity index (χ3n) is 3.92. The quantitative estimate of drug-likeness (QED) is 0.842. The van der Waals surface area contributed by atoms with Crippen molar-refractivity contribution < 1.29 is 4.74 Å². The Morgan fingerprint density at radius 2 is 1.86 bits per heavy atom. The van der Waals surface area contributed by atoms with Gasteiger partial charge in [0, 0.05) is 19.2 Å². The molecular weight excluding hydrogens is 286 g/mol. The normalized spacial score (nSPS) is 21.2. The van der Waals surface area contributed by atoms with Crippen LogP contribution in [0.25, 0.3) is 0 Å². The second-order valence-electron chi connectivity index (χ2n) is 7.68. The summed E-state index contributed by atoms with van der Waals surface area (Å²) >= 11 is 6.07. The zero-order valence-corrected chi connectivity index (χ0v) is 14.4. The molecule has 0 atom stereocenters. The van der Waals surface area contributed by atoms with E-state index < -0.39 is 0 Å². The van der Waals surface area contributed by atoms with E-state index in [-0.39, 0.29) is 0 Å². The van der Waals surface area contributed by atoms with Gasteiger partial charge in [0.2, 0.25) is 0 Å². The molecule has 0 aromatic carbocycles. The van der Waals surface area contributed by atoms with Crippen molar-refractivity contribution in [3.63, 3.8) is 0 Å². The highest BCUT2D eigenvalue weighted by Gasteiger charge is 2.38. The summed E-state index contributed by atoms with van der Waals surface area (Å²) in [7, 11) is 1.63. The first-order chi connectivity index (χ1) is 9.69. The highest BCUT2D eigenvalue weighted by Crippen LogP contribution is 2.46. The van der Waals surface area contributed by atoms with Gasteiger partial charge in [-0.25, -0.2) is 9.97 Å². The summed E-state index contributed by atoms with van der Waals surface area (Å²) in [6.45, 7) is 9.73. The maximum Gasteiger partial charge on any atom is 0.158 e. The first-order valence-corrected chi connectivity index (χ1v) is 7.86. The van der Waals surface area contributed by atoms with E-state index in [1.54, 1.807) is 13.2 Å². The number of nitrogens with zero attached hydrogens (tertiary/aromatic N) is 2. The van der Waals surface area contributed by atoms with Crippen LogP contribution < -0.4 is 5.32 Å². The zero-order valence-electron chi connectivity index (χ0n) is 13.7. The van der Waals surface area contributed by atoms with Crippen LogP contribution in [-0.4, -0.2) is 23.1 Å². The summed E-state index contributed by atoms with van der Waals surface area (Å²) < 4.78 is 5.08. The molecule has 1 heterocycles. The van der Waals surface area contributed by atoms with Crippen LogP contribution in [-0.2, 0) is 11.3 Å². The van der Waals surface area contributed by atoms with Crippen LogP contribution in [0.1, 0.15) is 52.8 Å².